The molecule has 6 nitrogen and oxygen atoms in total. The van der Waals surface area contributed by atoms with Crippen molar-refractivity contribution in [3.8, 4) is 0 Å². The lowest BCUT2D eigenvalue weighted by atomic mass is 10.2. The highest BCUT2D eigenvalue weighted by atomic mass is 16.6. The number of ether oxygens (including phenoxy) is 2. The van der Waals surface area contributed by atoms with Crippen LogP contribution in [-0.2, 0) is 9.47 Å². The summed E-state index contributed by atoms with van der Waals surface area (Å²) in [6.07, 6.45) is 1.60. The summed E-state index contributed by atoms with van der Waals surface area (Å²) in [7, 11) is 0. The predicted octanol–water partition coefficient (Wildman–Crippen LogP) is 2.13. The first-order valence-corrected chi connectivity index (χ1v) is 6.89. The summed E-state index contributed by atoms with van der Waals surface area (Å²) in [5.74, 6) is 0. The van der Waals surface area contributed by atoms with Crippen molar-refractivity contribution in [1.82, 2.24) is 10.2 Å². The van der Waals surface area contributed by atoms with E-state index < -0.39 is 0 Å². The van der Waals surface area contributed by atoms with Crippen LogP contribution in [0.2, 0.25) is 0 Å². The zero-order valence-corrected chi connectivity index (χ0v) is 12.1. The van der Waals surface area contributed by atoms with Gasteiger partial charge in [0.2, 0.25) is 0 Å². The van der Waals surface area contributed by atoms with Crippen LogP contribution >= 0.6 is 0 Å². The first kappa shape index (κ1) is 15.6. The molecule has 0 spiro atoms. The molecule has 0 aromatic rings. The maximum Gasteiger partial charge on any atom is 0.410 e. The predicted molar refractivity (Wildman–Crippen MR) is 71.0 cm³/mol. The van der Waals surface area contributed by atoms with Crippen LogP contribution in [0.5, 0.6) is 0 Å². The Balaban J connectivity index is 0.000000200. The van der Waals surface area contributed by atoms with E-state index in [0.717, 1.165) is 19.4 Å². The Morgan fingerprint density at radius 3 is 2.11 bits per heavy atom. The Morgan fingerprint density at radius 1 is 1.21 bits per heavy atom. The number of hydrogen-bond acceptors (Lipinski definition) is 4. The van der Waals surface area contributed by atoms with Crippen LogP contribution in [0.3, 0.4) is 0 Å². The molecular weight excluding hydrogens is 248 g/mol. The number of nitrogens with one attached hydrogen (secondary N) is 1. The van der Waals surface area contributed by atoms with Crippen molar-refractivity contribution in [2.45, 2.75) is 58.8 Å². The second-order valence-corrected chi connectivity index (χ2v) is 4.98. The Hall–Kier alpha value is -1.46. The number of hydrogen-bond donors (Lipinski definition) is 1. The minimum absolute atomic E-state index is 0.113. The average Bonchev–Trinajstić information content (AvgIpc) is 2.95. The fraction of sp³-hybridized carbons (Fsp3) is 0.846. The number of carbonyl (C=O) groups excluding carboxylic acids is 2. The number of alkyl carbamates (subject to hydrolysis) is 1. The van der Waals surface area contributed by atoms with E-state index in [1.807, 2.05) is 27.7 Å². The Kier molecular flexibility index (Phi) is 5.92. The molecule has 19 heavy (non-hydrogen) atoms. The molecule has 2 saturated heterocycles. The third-order valence-corrected chi connectivity index (χ3v) is 3.18. The first-order chi connectivity index (χ1) is 8.97. The molecule has 2 atom stereocenters. The van der Waals surface area contributed by atoms with Gasteiger partial charge in [-0.15, -0.1) is 0 Å². The molecule has 0 unspecified atom stereocenters. The molecule has 2 aliphatic rings. The van der Waals surface area contributed by atoms with Gasteiger partial charge in [-0.1, -0.05) is 13.8 Å². The van der Waals surface area contributed by atoms with E-state index in [9.17, 15) is 9.59 Å². The smallest absolute Gasteiger partial charge is 0.410 e. The minimum atomic E-state index is -0.281. The largest absolute Gasteiger partial charge is 0.444 e. The van der Waals surface area contributed by atoms with Crippen molar-refractivity contribution in [3.63, 3.8) is 0 Å². The molecule has 2 fully saturated rings. The molecule has 2 rings (SSSR count). The van der Waals surface area contributed by atoms with Gasteiger partial charge in [0, 0.05) is 6.04 Å². The summed E-state index contributed by atoms with van der Waals surface area (Å²) >= 11 is 0. The molecule has 0 saturated carbocycles. The van der Waals surface area contributed by atoms with Crippen molar-refractivity contribution < 1.29 is 19.1 Å². The van der Waals surface area contributed by atoms with Gasteiger partial charge in [-0.25, -0.2) is 9.59 Å². The first-order valence-electron chi connectivity index (χ1n) is 6.89. The highest BCUT2D eigenvalue weighted by molar-refractivity contribution is 5.70. The van der Waals surface area contributed by atoms with Gasteiger partial charge in [-0.05, 0) is 26.7 Å². The van der Waals surface area contributed by atoms with Crippen molar-refractivity contribution in [2.24, 2.45) is 0 Å². The quantitative estimate of drug-likeness (QED) is 0.854. The number of rotatable bonds is 3. The second kappa shape index (κ2) is 7.21. The highest BCUT2D eigenvalue weighted by Gasteiger charge is 2.31. The summed E-state index contributed by atoms with van der Waals surface area (Å²) in [6, 6.07) is 0.263. The van der Waals surface area contributed by atoms with Gasteiger partial charge in [0.25, 0.3) is 0 Å². The van der Waals surface area contributed by atoms with Crippen LogP contribution in [0.1, 0.15) is 40.5 Å². The minimum Gasteiger partial charge on any atom is -0.444 e. The molecule has 6 heteroatoms. The molecule has 2 aliphatic heterocycles. The van der Waals surface area contributed by atoms with Crippen LogP contribution < -0.4 is 5.32 Å². The van der Waals surface area contributed by atoms with Crippen molar-refractivity contribution in [3.05, 3.63) is 0 Å². The van der Waals surface area contributed by atoms with E-state index in [2.05, 4.69) is 5.32 Å². The number of carbonyl (C=O) groups is 2. The van der Waals surface area contributed by atoms with Gasteiger partial charge >= 0.3 is 12.2 Å². The van der Waals surface area contributed by atoms with Gasteiger partial charge < -0.3 is 19.7 Å². The fourth-order valence-electron chi connectivity index (χ4n) is 1.84. The maximum atomic E-state index is 11.1. The number of nitrogens with zero attached hydrogens (tertiary/aromatic N) is 1. The zero-order chi connectivity index (χ0) is 14.4. The van der Waals surface area contributed by atoms with E-state index in [1.165, 1.54) is 0 Å². The maximum absolute atomic E-state index is 11.1. The lowest BCUT2D eigenvalue weighted by Gasteiger charge is -2.16. The SMILES string of the molecule is CC[C@@H]1CN(C(C)C)C(=O)O1.CC[C@@H]1CNC(=O)O1. The molecule has 2 heterocycles. The molecule has 110 valence electrons. The molecule has 0 radical (unpaired) electrons. The van der Waals surface area contributed by atoms with Crippen LogP contribution in [0.15, 0.2) is 0 Å². The van der Waals surface area contributed by atoms with E-state index >= 15 is 0 Å². The molecular formula is C13H24N2O4. The normalized spacial score (nSPS) is 25.6. The molecule has 0 aromatic carbocycles. The number of amides is 2. The summed E-state index contributed by atoms with van der Waals surface area (Å²) in [5.41, 5.74) is 0. The Morgan fingerprint density at radius 2 is 1.84 bits per heavy atom. The van der Waals surface area contributed by atoms with Gasteiger partial charge in [-0.3, -0.25) is 0 Å². The van der Waals surface area contributed by atoms with Gasteiger partial charge in [0.05, 0.1) is 13.1 Å². The van der Waals surface area contributed by atoms with Crippen LogP contribution in [-0.4, -0.2) is 48.4 Å². The third kappa shape index (κ3) is 4.61. The van der Waals surface area contributed by atoms with E-state index in [0.29, 0.717) is 6.54 Å². The monoisotopic (exact) mass is 272 g/mol. The molecule has 2 amide bonds. The van der Waals surface area contributed by atoms with Gasteiger partial charge in [0.15, 0.2) is 0 Å². The topological polar surface area (TPSA) is 67.9 Å². The fourth-order valence-corrected chi connectivity index (χ4v) is 1.84. The zero-order valence-electron chi connectivity index (χ0n) is 12.1. The second-order valence-electron chi connectivity index (χ2n) is 4.98. The molecule has 1 N–H and O–H groups in total. The summed E-state index contributed by atoms with van der Waals surface area (Å²) in [6.45, 7) is 9.45. The van der Waals surface area contributed by atoms with Crippen LogP contribution in [0.25, 0.3) is 0 Å². The van der Waals surface area contributed by atoms with Crippen LogP contribution in [0, 0.1) is 0 Å². The Bertz CT molecular complexity index is 320. The van der Waals surface area contributed by atoms with Crippen molar-refractivity contribution in [1.29, 1.82) is 0 Å². The summed E-state index contributed by atoms with van der Waals surface area (Å²) in [4.78, 5) is 23.1. The third-order valence-electron chi connectivity index (χ3n) is 3.18. The summed E-state index contributed by atoms with van der Waals surface area (Å²) in [5, 5.41) is 2.56. The lowest BCUT2D eigenvalue weighted by Crippen LogP contribution is -2.31. The summed E-state index contributed by atoms with van der Waals surface area (Å²) < 4.78 is 9.83. The standard InChI is InChI=1S/C8H15NO2.C5H9NO2/c1-4-7-5-9(6(2)3)8(10)11-7;1-2-4-3-6-5(7)8-4/h6-7H,4-5H2,1-3H3;4H,2-3H2,1H3,(H,6,7)/t7-;4-/m11/s1. The van der Waals surface area contributed by atoms with E-state index in [1.54, 1.807) is 4.90 Å². The molecule has 0 aromatic heterocycles. The highest BCUT2D eigenvalue weighted by Crippen LogP contribution is 2.15. The van der Waals surface area contributed by atoms with Crippen molar-refractivity contribution in [2.75, 3.05) is 13.1 Å². The molecule has 0 aliphatic carbocycles. The average molecular weight is 272 g/mol. The van der Waals surface area contributed by atoms with Gasteiger partial charge in [-0.2, -0.15) is 0 Å². The molecule has 0 bridgehead atoms. The van der Waals surface area contributed by atoms with Crippen LogP contribution in [0.4, 0.5) is 9.59 Å². The lowest BCUT2D eigenvalue weighted by molar-refractivity contribution is 0.128. The van der Waals surface area contributed by atoms with Crippen molar-refractivity contribution >= 4 is 12.2 Å². The van der Waals surface area contributed by atoms with E-state index in [-0.39, 0.29) is 30.4 Å². The van der Waals surface area contributed by atoms with E-state index in [4.69, 9.17) is 9.47 Å². The van der Waals surface area contributed by atoms with Gasteiger partial charge in [0.1, 0.15) is 12.2 Å². The number of cyclic esters (lactones) is 2. The Labute approximate surface area is 114 Å².